The largest absolute Gasteiger partial charge is 0.480 e. The number of amides is 1. The lowest BCUT2D eigenvalue weighted by Gasteiger charge is -2.31. The second-order valence-corrected chi connectivity index (χ2v) is 5.18. The van der Waals surface area contributed by atoms with Gasteiger partial charge in [0.2, 0.25) is 5.91 Å². The smallest absolute Gasteiger partial charge is 0.329 e. The maximum absolute atomic E-state index is 12.2. The third-order valence-electron chi connectivity index (χ3n) is 3.57. The summed E-state index contributed by atoms with van der Waals surface area (Å²) in [6, 6.07) is 7.48. The molecule has 2 rings (SSSR count). The molecule has 0 aliphatic rings. The fourth-order valence-electron chi connectivity index (χ4n) is 1.84. The summed E-state index contributed by atoms with van der Waals surface area (Å²) < 4.78 is 1.71. The molecule has 6 heteroatoms. The molecule has 0 radical (unpaired) electrons. The van der Waals surface area contributed by atoms with Gasteiger partial charge >= 0.3 is 5.97 Å². The van der Waals surface area contributed by atoms with Crippen LogP contribution in [0.3, 0.4) is 0 Å². The van der Waals surface area contributed by atoms with E-state index in [1.165, 1.54) is 25.8 Å². The fourth-order valence-corrected chi connectivity index (χ4v) is 1.84. The first-order valence-electron chi connectivity index (χ1n) is 6.24. The number of aromatic nitrogens is 2. The van der Waals surface area contributed by atoms with Gasteiger partial charge in [0.15, 0.2) is 0 Å². The second-order valence-electron chi connectivity index (χ2n) is 5.18. The van der Waals surface area contributed by atoms with Crippen molar-refractivity contribution < 1.29 is 14.7 Å². The zero-order valence-electron chi connectivity index (χ0n) is 11.7. The van der Waals surface area contributed by atoms with Crippen molar-refractivity contribution in [2.24, 2.45) is 0 Å². The van der Waals surface area contributed by atoms with Gasteiger partial charge in [0.05, 0.1) is 17.4 Å². The van der Waals surface area contributed by atoms with E-state index in [1.807, 2.05) is 24.3 Å². The molecular weight excluding hydrogens is 258 g/mol. The van der Waals surface area contributed by atoms with E-state index < -0.39 is 11.5 Å². The van der Waals surface area contributed by atoms with Crippen molar-refractivity contribution >= 4 is 22.9 Å². The summed E-state index contributed by atoms with van der Waals surface area (Å²) in [5.74, 6) is -1.32. The lowest BCUT2D eigenvalue weighted by atomic mass is 10.0. The third-order valence-corrected chi connectivity index (χ3v) is 3.57. The average molecular weight is 275 g/mol. The first-order valence-corrected chi connectivity index (χ1v) is 6.24. The summed E-state index contributed by atoms with van der Waals surface area (Å²) >= 11 is 0. The third kappa shape index (κ3) is 2.36. The number of rotatable bonds is 4. The van der Waals surface area contributed by atoms with Crippen LogP contribution < -0.4 is 0 Å². The van der Waals surface area contributed by atoms with Crippen LogP contribution in [-0.2, 0) is 16.1 Å². The molecule has 1 amide bonds. The highest BCUT2D eigenvalue weighted by molar-refractivity contribution is 5.87. The van der Waals surface area contributed by atoms with Crippen LogP contribution in [0.5, 0.6) is 0 Å². The number of nitrogens with zero attached hydrogens (tertiary/aromatic N) is 3. The molecule has 1 heterocycles. The van der Waals surface area contributed by atoms with Crippen molar-refractivity contribution in [1.29, 1.82) is 0 Å². The first-order chi connectivity index (χ1) is 9.34. The van der Waals surface area contributed by atoms with E-state index in [2.05, 4.69) is 4.98 Å². The number of carbonyl (C=O) groups is 2. The van der Waals surface area contributed by atoms with Crippen LogP contribution in [-0.4, -0.2) is 44.0 Å². The predicted molar refractivity (Wildman–Crippen MR) is 74.2 cm³/mol. The van der Waals surface area contributed by atoms with Gasteiger partial charge in [-0.05, 0) is 26.0 Å². The minimum Gasteiger partial charge on any atom is -0.480 e. The van der Waals surface area contributed by atoms with Gasteiger partial charge < -0.3 is 14.6 Å². The Labute approximate surface area is 116 Å². The van der Waals surface area contributed by atoms with E-state index in [4.69, 9.17) is 5.11 Å². The van der Waals surface area contributed by atoms with Crippen molar-refractivity contribution in [1.82, 2.24) is 14.5 Å². The van der Waals surface area contributed by atoms with E-state index in [0.717, 1.165) is 11.0 Å². The highest BCUT2D eigenvalue weighted by atomic mass is 16.4. The van der Waals surface area contributed by atoms with Gasteiger partial charge in [-0.3, -0.25) is 4.79 Å². The summed E-state index contributed by atoms with van der Waals surface area (Å²) in [4.78, 5) is 28.8. The van der Waals surface area contributed by atoms with Crippen molar-refractivity contribution in [3.05, 3.63) is 30.6 Å². The monoisotopic (exact) mass is 275 g/mol. The number of carbonyl (C=O) groups excluding carboxylic acids is 1. The number of benzene rings is 1. The molecule has 0 unspecified atom stereocenters. The van der Waals surface area contributed by atoms with Gasteiger partial charge in [0, 0.05) is 7.05 Å². The molecule has 0 bridgehead atoms. The Kier molecular flexibility index (Phi) is 3.48. The maximum Gasteiger partial charge on any atom is 0.329 e. The minimum absolute atomic E-state index is 0.0632. The highest BCUT2D eigenvalue weighted by Gasteiger charge is 2.35. The predicted octanol–water partition coefficient (Wildman–Crippen LogP) is 1.36. The average Bonchev–Trinajstić information content (AvgIpc) is 2.81. The maximum atomic E-state index is 12.2. The Bertz CT molecular complexity index is 660. The van der Waals surface area contributed by atoms with Crippen LogP contribution in [0.2, 0.25) is 0 Å². The topological polar surface area (TPSA) is 75.4 Å². The first kappa shape index (κ1) is 14.0. The summed E-state index contributed by atoms with van der Waals surface area (Å²) in [5, 5.41) is 9.15. The number of aliphatic carboxylic acids is 1. The van der Waals surface area contributed by atoms with Gasteiger partial charge in [0.25, 0.3) is 0 Å². The SMILES string of the molecule is CN(C(=O)Cn1cnc2ccccc21)C(C)(C)C(=O)O. The quantitative estimate of drug-likeness (QED) is 0.914. The number of carboxylic acid groups (broad SMARTS) is 1. The zero-order chi connectivity index (χ0) is 14.9. The molecular formula is C14H17N3O3. The zero-order valence-corrected chi connectivity index (χ0v) is 11.7. The summed E-state index contributed by atoms with van der Waals surface area (Å²) in [7, 11) is 1.50. The van der Waals surface area contributed by atoms with Gasteiger partial charge in [0.1, 0.15) is 12.1 Å². The lowest BCUT2D eigenvalue weighted by Crippen LogP contribution is -2.51. The Morgan fingerprint density at radius 2 is 2.00 bits per heavy atom. The van der Waals surface area contributed by atoms with Crippen LogP contribution in [0, 0.1) is 0 Å². The number of imidazole rings is 1. The standard InChI is InChI=1S/C14H17N3O3/c1-14(2,13(19)20)16(3)12(18)8-17-9-15-10-6-4-5-7-11(10)17/h4-7,9H,8H2,1-3H3,(H,19,20). The van der Waals surface area contributed by atoms with Gasteiger partial charge in [-0.25, -0.2) is 9.78 Å². The number of hydrogen-bond acceptors (Lipinski definition) is 3. The summed E-state index contributed by atoms with van der Waals surface area (Å²) in [5.41, 5.74) is 0.413. The molecule has 106 valence electrons. The van der Waals surface area contributed by atoms with Gasteiger partial charge in [-0.2, -0.15) is 0 Å². The minimum atomic E-state index is -1.24. The lowest BCUT2D eigenvalue weighted by molar-refractivity contribution is -0.155. The molecule has 2 aromatic rings. The number of hydrogen-bond donors (Lipinski definition) is 1. The molecule has 1 N–H and O–H groups in total. The van der Waals surface area contributed by atoms with Crippen molar-refractivity contribution in [3.63, 3.8) is 0 Å². The van der Waals surface area contributed by atoms with E-state index in [-0.39, 0.29) is 12.5 Å². The summed E-state index contributed by atoms with van der Waals surface area (Å²) in [6.07, 6.45) is 1.59. The fraction of sp³-hybridized carbons (Fsp3) is 0.357. The van der Waals surface area contributed by atoms with Gasteiger partial charge in [-0.1, -0.05) is 12.1 Å². The molecule has 0 saturated heterocycles. The Morgan fingerprint density at radius 1 is 1.35 bits per heavy atom. The Morgan fingerprint density at radius 3 is 2.65 bits per heavy atom. The van der Waals surface area contributed by atoms with Crippen LogP contribution >= 0.6 is 0 Å². The molecule has 0 spiro atoms. The Hall–Kier alpha value is -2.37. The van der Waals surface area contributed by atoms with Crippen LogP contribution in [0.15, 0.2) is 30.6 Å². The summed E-state index contributed by atoms with van der Waals surface area (Å²) in [6.45, 7) is 3.06. The van der Waals surface area contributed by atoms with Crippen LogP contribution in [0.25, 0.3) is 11.0 Å². The number of fused-ring (bicyclic) bond motifs is 1. The van der Waals surface area contributed by atoms with E-state index in [1.54, 1.807) is 10.9 Å². The molecule has 0 aliphatic carbocycles. The molecule has 20 heavy (non-hydrogen) atoms. The molecule has 0 aliphatic heterocycles. The number of para-hydroxylation sites is 2. The molecule has 0 fully saturated rings. The molecule has 0 saturated carbocycles. The van der Waals surface area contributed by atoms with E-state index in [0.29, 0.717) is 0 Å². The molecule has 1 aromatic carbocycles. The van der Waals surface area contributed by atoms with Crippen molar-refractivity contribution in [2.75, 3.05) is 7.05 Å². The number of carboxylic acids is 1. The highest BCUT2D eigenvalue weighted by Crippen LogP contribution is 2.15. The van der Waals surface area contributed by atoms with Crippen molar-refractivity contribution in [3.8, 4) is 0 Å². The number of likely N-dealkylation sites (N-methyl/N-ethyl adjacent to an activating group) is 1. The van der Waals surface area contributed by atoms with E-state index >= 15 is 0 Å². The second kappa shape index (κ2) is 4.96. The normalized spacial score (nSPS) is 11.6. The molecule has 1 aromatic heterocycles. The molecule has 6 nitrogen and oxygen atoms in total. The Balaban J connectivity index is 2.22. The van der Waals surface area contributed by atoms with Crippen LogP contribution in [0.1, 0.15) is 13.8 Å². The van der Waals surface area contributed by atoms with Gasteiger partial charge in [-0.15, -0.1) is 0 Å². The molecule has 0 atom stereocenters. The van der Waals surface area contributed by atoms with Crippen molar-refractivity contribution in [2.45, 2.75) is 25.9 Å². The van der Waals surface area contributed by atoms with E-state index in [9.17, 15) is 9.59 Å². The van der Waals surface area contributed by atoms with Crippen LogP contribution in [0.4, 0.5) is 0 Å².